The molecule has 6 heteroatoms. The number of nitro groups is 1. The highest BCUT2D eigenvalue weighted by atomic mass is 16.6. The first-order valence-corrected chi connectivity index (χ1v) is 10.2. The third-order valence-electron chi connectivity index (χ3n) is 4.66. The van der Waals surface area contributed by atoms with Crippen LogP contribution in [-0.2, 0) is 0 Å². The minimum absolute atomic E-state index is 0.0421. The average Bonchev–Trinajstić information content (AvgIpc) is 2.65. The van der Waals surface area contributed by atoms with Crippen molar-refractivity contribution in [3.8, 4) is 5.75 Å². The molecule has 27 heavy (non-hydrogen) atoms. The molecule has 0 saturated heterocycles. The number of hydrogen-bond acceptors (Lipinski definition) is 4. The molecule has 0 amide bonds. The molecule has 1 rings (SSSR count). The SMILES string of the molecule is CCCCCCCCCCCCCCOc1cc([N+](=O)[O-])ccc1C(=O)O. The highest BCUT2D eigenvalue weighted by molar-refractivity contribution is 5.91. The van der Waals surface area contributed by atoms with E-state index in [9.17, 15) is 14.9 Å². The Morgan fingerprint density at radius 2 is 1.48 bits per heavy atom. The quantitative estimate of drug-likeness (QED) is 0.205. The van der Waals surface area contributed by atoms with E-state index in [1.165, 1.54) is 76.0 Å². The fourth-order valence-corrected chi connectivity index (χ4v) is 3.05. The zero-order chi connectivity index (χ0) is 19.9. The number of rotatable bonds is 16. The molecule has 0 aliphatic rings. The van der Waals surface area contributed by atoms with Gasteiger partial charge in [0.25, 0.3) is 5.69 Å². The molecule has 0 heterocycles. The summed E-state index contributed by atoms with van der Waals surface area (Å²) in [6, 6.07) is 3.59. The van der Waals surface area contributed by atoms with Crippen LogP contribution in [0.3, 0.4) is 0 Å². The number of nitro benzene ring substituents is 1. The largest absolute Gasteiger partial charge is 0.492 e. The molecule has 0 aliphatic carbocycles. The van der Waals surface area contributed by atoms with Crippen molar-refractivity contribution < 1.29 is 19.6 Å². The lowest BCUT2D eigenvalue weighted by atomic mass is 10.1. The number of unbranched alkanes of at least 4 members (excludes halogenated alkanes) is 11. The van der Waals surface area contributed by atoms with Crippen LogP contribution in [0.1, 0.15) is 94.3 Å². The second-order valence-corrected chi connectivity index (χ2v) is 6.98. The second kappa shape index (κ2) is 14.0. The topological polar surface area (TPSA) is 89.7 Å². The maximum Gasteiger partial charge on any atom is 0.339 e. The molecule has 0 fully saturated rings. The van der Waals surface area contributed by atoms with E-state index in [-0.39, 0.29) is 17.0 Å². The first kappa shape index (κ1) is 22.9. The third kappa shape index (κ3) is 9.97. The number of carboxylic acids is 1. The summed E-state index contributed by atoms with van der Waals surface area (Å²) < 4.78 is 5.50. The lowest BCUT2D eigenvalue weighted by Crippen LogP contribution is -2.05. The molecule has 152 valence electrons. The predicted octanol–water partition coefficient (Wildman–Crippen LogP) is 6.37. The van der Waals surface area contributed by atoms with Crippen LogP contribution in [0.2, 0.25) is 0 Å². The molecule has 0 aliphatic heterocycles. The highest BCUT2D eigenvalue weighted by Crippen LogP contribution is 2.25. The van der Waals surface area contributed by atoms with E-state index in [0.29, 0.717) is 6.61 Å². The number of non-ortho nitro benzene ring substituents is 1. The molecule has 6 nitrogen and oxygen atoms in total. The van der Waals surface area contributed by atoms with Gasteiger partial charge in [-0.25, -0.2) is 4.79 Å². The van der Waals surface area contributed by atoms with E-state index in [2.05, 4.69) is 6.92 Å². The van der Waals surface area contributed by atoms with Crippen LogP contribution in [0.5, 0.6) is 5.75 Å². The van der Waals surface area contributed by atoms with Crippen molar-refractivity contribution in [2.45, 2.75) is 84.0 Å². The Morgan fingerprint density at radius 3 is 1.96 bits per heavy atom. The van der Waals surface area contributed by atoms with Gasteiger partial charge in [-0.15, -0.1) is 0 Å². The number of aromatic carboxylic acids is 1. The summed E-state index contributed by atoms with van der Waals surface area (Å²) in [7, 11) is 0. The number of benzene rings is 1. The van der Waals surface area contributed by atoms with Crippen LogP contribution in [0, 0.1) is 10.1 Å². The first-order valence-electron chi connectivity index (χ1n) is 10.2. The lowest BCUT2D eigenvalue weighted by Gasteiger charge is -2.09. The number of carboxylic acid groups (broad SMARTS) is 1. The van der Waals surface area contributed by atoms with E-state index >= 15 is 0 Å². The van der Waals surface area contributed by atoms with Crippen LogP contribution in [0.4, 0.5) is 5.69 Å². The van der Waals surface area contributed by atoms with Gasteiger partial charge in [0.15, 0.2) is 0 Å². The molecule has 0 radical (unpaired) electrons. The number of hydrogen-bond donors (Lipinski definition) is 1. The molecular weight excluding hydrogens is 346 g/mol. The van der Waals surface area contributed by atoms with Gasteiger partial charge in [0.2, 0.25) is 0 Å². The summed E-state index contributed by atoms with van der Waals surface area (Å²) in [6.45, 7) is 2.61. The molecule has 0 atom stereocenters. The van der Waals surface area contributed by atoms with Crippen LogP contribution in [0.15, 0.2) is 18.2 Å². The summed E-state index contributed by atoms with van der Waals surface area (Å²) in [4.78, 5) is 21.5. The van der Waals surface area contributed by atoms with Gasteiger partial charge in [-0.1, -0.05) is 77.6 Å². The lowest BCUT2D eigenvalue weighted by molar-refractivity contribution is -0.384. The minimum atomic E-state index is -1.14. The Kier molecular flexibility index (Phi) is 11.9. The molecular formula is C21H33NO5. The number of ether oxygens (including phenoxy) is 1. The van der Waals surface area contributed by atoms with E-state index in [4.69, 9.17) is 9.84 Å². The van der Waals surface area contributed by atoms with Crippen LogP contribution in [0.25, 0.3) is 0 Å². The normalized spacial score (nSPS) is 10.7. The smallest absolute Gasteiger partial charge is 0.339 e. The molecule has 1 N–H and O–H groups in total. The van der Waals surface area contributed by atoms with Crippen LogP contribution >= 0.6 is 0 Å². The maximum atomic E-state index is 11.2. The van der Waals surface area contributed by atoms with E-state index in [1.807, 2.05) is 0 Å². The third-order valence-corrected chi connectivity index (χ3v) is 4.66. The van der Waals surface area contributed by atoms with Crippen LogP contribution < -0.4 is 4.74 Å². The Morgan fingerprint density at radius 1 is 0.963 bits per heavy atom. The Labute approximate surface area is 162 Å². The van der Waals surface area contributed by atoms with Gasteiger partial charge in [0, 0.05) is 6.07 Å². The predicted molar refractivity (Wildman–Crippen MR) is 107 cm³/mol. The molecule has 0 unspecified atom stereocenters. The Hall–Kier alpha value is -2.11. The molecule has 0 bridgehead atoms. The second-order valence-electron chi connectivity index (χ2n) is 6.98. The van der Waals surface area contributed by atoms with Gasteiger partial charge >= 0.3 is 5.97 Å². The standard InChI is InChI=1S/C21H33NO5/c1-2-3-4-5-6-7-8-9-10-11-12-13-16-27-20-17-18(22(25)26)14-15-19(20)21(23)24/h14-15,17H,2-13,16H2,1H3,(H,23,24). The van der Waals surface area contributed by atoms with Crippen LogP contribution in [-0.4, -0.2) is 22.6 Å². The highest BCUT2D eigenvalue weighted by Gasteiger charge is 2.16. The van der Waals surface area contributed by atoms with Crippen molar-refractivity contribution >= 4 is 11.7 Å². The zero-order valence-corrected chi connectivity index (χ0v) is 16.5. The summed E-state index contributed by atoms with van der Waals surface area (Å²) >= 11 is 0. The summed E-state index contributed by atoms with van der Waals surface area (Å²) in [5, 5.41) is 20.0. The molecule has 0 aromatic heterocycles. The van der Waals surface area contributed by atoms with Gasteiger partial charge in [-0.2, -0.15) is 0 Å². The first-order chi connectivity index (χ1) is 13.1. The van der Waals surface area contributed by atoms with Crippen molar-refractivity contribution in [2.75, 3.05) is 6.61 Å². The molecule has 0 saturated carbocycles. The maximum absolute atomic E-state index is 11.2. The number of nitrogens with zero attached hydrogens (tertiary/aromatic N) is 1. The van der Waals surface area contributed by atoms with Crippen molar-refractivity contribution in [2.24, 2.45) is 0 Å². The van der Waals surface area contributed by atoms with E-state index in [0.717, 1.165) is 19.3 Å². The van der Waals surface area contributed by atoms with E-state index in [1.54, 1.807) is 0 Å². The van der Waals surface area contributed by atoms with Gasteiger partial charge < -0.3 is 9.84 Å². The fraction of sp³-hybridized carbons (Fsp3) is 0.667. The molecule has 1 aromatic rings. The number of carbonyl (C=O) groups is 1. The van der Waals surface area contributed by atoms with Crippen molar-refractivity contribution in [1.82, 2.24) is 0 Å². The van der Waals surface area contributed by atoms with Gasteiger partial charge in [0.05, 0.1) is 17.6 Å². The molecule has 0 spiro atoms. The van der Waals surface area contributed by atoms with Gasteiger partial charge in [-0.05, 0) is 12.5 Å². The Balaban J connectivity index is 2.13. The molecule has 1 aromatic carbocycles. The Bertz CT molecular complexity index is 574. The summed E-state index contributed by atoms with van der Waals surface area (Å²) in [5.41, 5.74) is -0.204. The minimum Gasteiger partial charge on any atom is -0.492 e. The van der Waals surface area contributed by atoms with Crippen molar-refractivity contribution in [3.05, 3.63) is 33.9 Å². The van der Waals surface area contributed by atoms with Crippen molar-refractivity contribution in [1.29, 1.82) is 0 Å². The van der Waals surface area contributed by atoms with Gasteiger partial charge in [-0.3, -0.25) is 10.1 Å². The van der Waals surface area contributed by atoms with E-state index < -0.39 is 10.9 Å². The summed E-state index contributed by atoms with van der Waals surface area (Å²) in [6.07, 6.45) is 14.8. The van der Waals surface area contributed by atoms with Gasteiger partial charge in [0.1, 0.15) is 11.3 Å². The van der Waals surface area contributed by atoms with Crippen molar-refractivity contribution in [3.63, 3.8) is 0 Å². The fourth-order valence-electron chi connectivity index (χ4n) is 3.05. The average molecular weight is 379 g/mol. The monoisotopic (exact) mass is 379 g/mol. The summed E-state index contributed by atoms with van der Waals surface area (Å²) in [5.74, 6) is -1.07. The zero-order valence-electron chi connectivity index (χ0n) is 16.5.